The number of halogens is 1. The van der Waals surface area contributed by atoms with Gasteiger partial charge in [-0.1, -0.05) is 49.8 Å². The Morgan fingerprint density at radius 2 is 2.00 bits per heavy atom. The van der Waals surface area contributed by atoms with Crippen molar-refractivity contribution >= 4 is 0 Å². The van der Waals surface area contributed by atoms with E-state index in [1.807, 2.05) is 0 Å². The van der Waals surface area contributed by atoms with Crippen LogP contribution in [0.5, 0.6) is 0 Å². The van der Waals surface area contributed by atoms with Gasteiger partial charge < -0.3 is 0 Å². The molecule has 13 heavy (non-hydrogen) atoms. The van der Waals surface area contributed by atoms with Crippen molar-refractivity contribution in [2.24, 2.45) is 5.92 Å². The van der Waals surface area contributed by atoms with Gasteiger partial charge >= 0.3 is 0 Å². The normalized spacial score (nSPS) is 14.7. The molecule has 0 nitrogen and oxygen atoms in total. The van der Waals surface area contributed by atoms with E-state index in [2.05, 4.69) is 44.2 Å². The lowest BCUT2D eigenvalue weighted by molar-refractivity contribution is 0.636. The van der Waals surface area contributed by atoms with Crippen molar-refractivity contribution in [3.05, 3.63) is 36.0 Å². The zero-order valence-corrected chi connectivity index (χ0v) is 8.76. The van der Waals surface area contributed by atoms with Gasteiger partial charge in [0, 0.05) is 0 Å². The smallest absolute Gasteiger partial charge is 0.0785 e. The Morgan fingerprint density at radius 1 is 1.31 bits per heavy atom. The number of hydrogen-bond donors (Lipinski definition) is 0. The maximum absolute atomic E-state index is 9.50. The number of alkyl halides is 1. The number of hydrogen-bond acceptors (Lipinski definition) is 0. The van der Waals surface area contributed by atoms with Crippen LogP contribution >= 0.6 is 0 Å². The molecule has 0 heterocycles. The zero-order valence-electron chi connectivity index (χ0n) is 8.76. The van der Waals surface area contributed by atoms with Gasteiger partial charge in [-0.15, -0.1) is 0 Å². The predicted octanol–water partition coefficient (Wildman–Crippen LogP) is 4.06. The monoisotopic (exact) mass is 182 g/mol. The highest BCUT2D eigenvalue weighted by Gasteiger charge is 1.97. The summed E-state index contributed by atoms with van der Waals surface area (Å²) in [5.41, 5.74) is 1.48. The topological polar surface area (TPSA) is 0 Å². The largest absolute Gasteiger partial charge is 0.255 e. The molecule has 0 fully saturated rings. The highest BCUT2D eigenvalue weighted by Crippen LogP contribution is 2.14. The third-order valence-electron chi connectivity index (χ3n) is 1.72. The third-order valence-corrected chi connectivity index (χ3v) is 1.72. The van der Waals surface area contributed by atoms with Gasteiger partial charge in [-0.05, 0) is 18.8 Å². The molecule has 0 aromatic heterocycles. The molecule has 0 aliphatic heterocycles. The molecule has 1 aliphatic rings. The fourth-order valence-corrected chi connectivity index (χ4v) is 1.25. The highest BCUT2D eigenvalue weighted by atomic mass is 19.1. The standard InChI is InChI=1S/C11H16.CH3F/c1-10(2)9-11-7-5-3-4-6-8-11;1-2/h3-5,7-8,10H,6,9H2,1-2H3;1H3. The van der Waals surface area contributed by atoms with E-state index in [9.17, 15) is 4.39 Å². The Bertz CT molecular complexity index is 197. The van der Waals surface area contributed by atoms with E-state index < -0.39 is 0 Å². The van der Waals surface area contributed by atoms with Gasteiger partial charge in [0.25, 0.3) is 0 Å². The maximum Gasteiger partial charge on any atom is 0.0785 e. The molecule has 0 atom stereocenters. The van der Waals surface area contributed by atoms with Gasteiger partial charge in [-0.3, -0.25) is 4.39 Å². The highest BCUT2D eigenvalue weighted by molar-refractivity contribution is 5.26. The summed E-state index contributed by atoms with van der Waals surface area (Å²) < 4.78 is 9.50. The van der Waals surface area contributed by atoms with Crippen LogP contribution in [0.3, 0.4) is 0 Å². The summed E-state index contributed by atoms with van der Waals surface area (Å²) in [5, 5.41) is 0. The minimum absolute atomic E-state index is 0.500. The molecule has 0 aromatic carbocycles. The molecule has 1 aliphatic carbocycles. The molecule has 0 saturated heterocycles. The minimum Gasteiger partial charge on any atom is -0.255 e. The molecule has 0 N–H and O–H groups in total. The van der Waals surface area contributed by atoms with Gasteiger partial charge in [0.05, 0.1) is 7.18 Å². The Labute approximate surface area is 80.9 Å². The summed E-state index contributed by atoms with van der Waals surface area (Å²) in [6, 6.07) is 0. The zero-order chi connectivity index (χ0) is 10.1. The SMILES string of the molecule is CC(C)CC1=CCC=CC=C1.CF. The van der Waals surface area contributed by atoms with Crippen LogP contribution in [0.4, 0.5) is 4.39 Å². The van der Waals surface area contributed by atoms with Crippen LogP contribution in [0.1, 0.15) is 26.7 Å². The molecule has 0 amide bonds. The summed E-state index contributed by atoms with van der Waals surface area (Å²) in [5.74, 6) is 0.768. The predicted molar refractivity (Wildman–Crippen MR) is 57.5 cm³/mol. The van der Waals surface area contributed by atoms with Crippen LogP contribution in [0.25, 0.3) is 0 Å². The first-order chi connectivity index (χ1) is 6.29. The average molecular weight is 182 g/mol. The molecule has 0 unspecified atom stereocenters. The third kappa shape index (κ3) is 6.32. The molecule has 1 heteroatoms. The Hall–Kier alpha value is -0.850. The van der Waals surface area contributed by atoms with Crippen molar-refractivity contribution in [1.82, 2.24) is 0 Å². The van der Waals surface area contributed by atoms with Gasteiger partial charge in [0.15, 0.2) is 0 Å². The lowest BCUT2D eigenvalue weighted by atomic mass is 10.0. The van der Waals surface area contributed by atoms with Crippen molar-refractivity contribution in [2.75, 3.05) is 7.18 Å². The van der Waals surface area contributed by atoms with Gasteiger partial charge in [0.1, 0.15) is 0 Å². The lowest BCUT2D eigenvalue weighted by Crippen LogP contribution is -1.88. The van der Waals surface area contributed by atoms with E-state index in [0.717, 1.165) is 12.3 Å². The van der Waals surface area contributed by atoms with E-state index in [1.54, 1.807) is 0 Å². The second-order valence-electron chi connectivity index (χ2n) is 3.40. The van der Waals surface area contributed by atoms with E-state index in [1.165, 1.54) is 12.0 Å². The molecular formula is C12H19F. The lowest BCUT2D eigenvalue weighted by Gasteiger charge is -2.03. The number of rotatable bonds is 2. The minimum atomic E-state index is 0.500. The van der Waals surface area contributed by atoms with Crippen molar-refractivity contribution in [3.8, 4) is 0 Å². The van der Waals surface area contributed by atoms with Crippen LogP contribution in [0.15, 0.2) is 36.0 Å². The average Bonchev–Trinajstić information content (AvgIpc) is 2.36. The first kappa shape index (κ1) is 12.2. The van der Waals surface area contributed by atoms with E-state index in [4.69, 9.17) is 0 Å². The molecule has 0 bridgehead atoms. The Kier molecular flexibility index (Phi) is 7.27. The number of allylic oxidation sites excluding steroid dienone is 6. The van der Waals surface area contributed by atoms with Crippen LogP contribution in [0, 0.1) is 5.92 Å². The van der Waals surface area contributed by atoms with Crippen LogP contribution in [0.2, 0.25) is 0 Å². The van der Waals surface area contributed by atoms with Crippen LogP contribution < -0.4 is 0 Å². The molecular weight excluding hydrogens is 163 g/mol. The van der Waals surface area contributed by atoms with Crippen LogP contribution in [-0.4, -0.2) is 7.18 Å². The Morgan fingerprint density at radius 3 is 2.62 bits per heavy atom. The van der Waals surface area contributed by atoms with Crippen molar-refractivity contribution in [2.45, 2.75) is 26.7 Å². The van der Waals surface area contributed by atoms with Gasteiger partial charge in [0.2, 0.25) is 0 Å². The van der Waals surface area contributed by atoms with Crippen LogP contribution in [-0.2, 0) is 0 Å². The molecule has 0 saturated carbocycles. The molecule has 0 aromatic rings. The molecule has 74 valence electrons. The maximum atomic E-state index is 9.50. The second kappa shape index (κ2) is 7.78. The fraction of sp³-hybridized carbons (Fsp3) is 0.500. The second-order valence-corrected chi connectivity index (χ2v) is 3.40. The van der Waals surface area contributed by atoms with E-state index in [0.29, 0.717) is 7.18 Å². The quantitative estimate of drug-likeness (QED) is 0.604. The van der Waals surface area contributed by atoms with Crippen molar-refractivity contribution < 1.29 is 4.39 Å². The summed E-state index contributed by atoms with van der Waals surface area (Å²) in [4.78, 5) is 0. The summed E-state index contributed by atoms with van der Waals surface area (Å²) in [6.07, 6.45) is 13.2. The van der Waals surface area contributed by atoms with Crippen molar-refractivity contribution in [3.63, 3.8) is 0 Å². The first-order valence-corrected chi connectivity index (χ1v) is 4.69. The Balaban J connectivity index is 0.000000671. The summed E-state index contributed by atoms with van der Waals surface area (Å²) in [6.45, 7) is 4.51. The molecule has 0 spiro atoms. The van der Waals surface area contributed by atoms with Crippen molar-refractivity contribution in [1.29, 1.82) is 0 Å². The summed E-state index contributed by atoms with van der Waals surface area (Å²) in [7, 11) is 0.500. The summed E-state index contributed by atoms with van der Waals surface area (Å²) >= 11 is 0. The fourth-order valence-electron chi connectivity index (χ4n) is 1.25. The van der Waals surface area contributed by atoms with E-state index in [-0.39, 0.29) is 0 Å². The van der Waals surface area contributed by atoms with Gasteiger partial charge in [-0.2, -0.15) is 0 Å². The molecule has 1 rings (SSSR count). The first-order valence-electron chi connectivity index (χ1n) is 4.69. The molecule has 0 radical (unpaired) electrons. The van der Waals surface area contributed by atoms with Gasteiger partial charge in [-0.25, -0.2) is 0 Å². The van der Waals surface area contributed by atoms with E-state index >= 15 is 0 Å².